The molecule has 0 radical (unpaired) electrons. The molecular weight excluding hydrogens is 551 g/mol. The monoisotopic (exact) mass is 574 g/mol. The number of aromatic nitrogens is 1. The molecule has 2 aromatic heterocycles. The summed E-state index contributed by atoms with van der Waals surface area (Å²) in [6.45, 7) is 1.75. The number of aliphatic hydroxyl groups is 1. The molecule has 2 N–H and O–H groups in total. The number of aliphatic hydroxyl groups excluding tert-OH is 1. The van der Waals surface area contributed by atoms with Gasteiger partial charge in [0, 0.05) is 31.4 Å². The van der Waals surface area contributed by atoms with E-state index in [0.29, 0.717) is 28.6 Å². The SMILES string of the molecule is CC(O)Cc1ccnc(-c2cccc3cc(C(NS(=O)(=O)C4CC4)c4c(F)cccc4Br)sc23)c1. The van der Waals surface area contributed by atoms with E-state index in [1.807, 2.05) is 36.4 Å². The Hall–Kier alpha value is -2.17. The van der Waals surface area contributed by atoms with Gasteiger partial charge in [-0.2, -0.15) is 0 Å². The van der Waals surface area contributed by atoms with E-state index in [9.17, 15) is 13.5 Å². The Labute approximate surface area is 216 Å². The smallest absolute Gasteiger partial charge is 0.215 e. The molecule has 9 heteroatoms. The summed E-state index contributed by atoms with van der Waals surface area (Å²) in [5.41, 5.74) is 2.91. The van der Waals surface area contributed by atoms with Gasteiger partial charge in [0.15, 0.2) is 0 Å². The zero-order valence-corrected chi connectivity index (χ0v) is 22.1. The topological polar surface area (TPSA) is 79.3 Å². The Morgan fingerprint density at radius 1 is 1.20 bits per heavy atom. The van der Waals surface area contributed by atoms with Crippen LogP contribution in [0.5, 0.6) is 0 Å². The maximum Gasteiger partial charge on any atom is 0.215 e. The average molecular weight is 576 g/mol. The van der Waals surface area contributed by atoms with Crippen molar-refractivity contribution in [1.82, 2.24) is 9.71 Å². The Morgan fingerprint density at radius 2 is 1.97 bits per heavy atom. The molecule has 2 unspecified atom stereocenters. The van der Waals surface area contributed by atoms with Crippen LogP contribution in [0.2, 0.25) is 0 Å². The molecule has 2 atom stereocenters. The van der Waals surface area contributed by atoms with Crippen LogP contribution in [0.4, 0.5) is 4.39 Å². The summed E-state index contributed by atoms with van der Waals surface area (Å²) in [4.78, 5) is 5.24. The van der Waals surface area contributed by atoms with Crippen molar-refractivity contribution in [3.63, 3.8) is 0 Å². The molecule has 0 spiro atoms. The van der Waals surface area contributed by atoms with Gasteiger partial charge in [-0.05, 0) is 67.5 Å². The minimum absolute atomic E-state index is 0.266. The molecule has 2 heterocycles. The van der Waals surface area contributed by atoms with E-state index < -0.39 is 33.2 Å². The number of rotatable bonds is 8. The second-order valence-electron chi connectivity index (χ2n) is 8.91. The number of nitrogens with zero attached hydrogens (tertiary/aromatic N) is 1. The van der Waals surface area contributed by atoms with Gasteiger partial charge in [0.05, 0.1) is 23.1 Å². The van der Waals surface area contributed by atoms with Crippen LogP contribution in [-0.2, 0) is 16.4 Å². The zero-order chi connectivity index (χ0) is 24.7. The zero-order valence-electron chi connectivity index (χ0n) is 18.9. The van der Waals surface area contributed by atoms with Crippen molar-refractivity contribution in [3.05, 3.63) is 87.1 Å². The molecule has 5 nitrogen and oxygen atoms in total. The molecule has 1 aliphatic rings. The Kier molecular flexibility index (Phi) is 6.80. The molecular formula is C26H24BrFN2O3S2. The first-order valence-electron chi connectivity index (χ1n) is 11.3. The van der Waals surface area contributed by atoms with Gasteiger partial charge in [0.25, 0.3) is 0 Å². The van der Waals surface area contributed by atoms with E-state index in [4.69, 9.17) is 0 Å². The highest BCUT2D eigenvalue weighted by molar-refractivity contribution is 9.10. The van der Waals surface area contributed by atoms with Crippen LogP contribution >= 0.6 is 27.3 Å². The van der Waals surface area contributed by atoms with Gasteiger partial charge < -0.3 is 5.11 Å². The maximum atomic E-state index is 15.0. The van der Waals surface area contributed by atoms with E-state index in [-0.39, 0.29) is 5.56 Å². The van der Waals surface area contributed by atoms with E-state index >= 15 is 4.39 Å². The molecule has 182 valence electrons. The van der Waals surface area contributed by atoms with E-state index in [1.54, 1.807) is 25.3 Å². The Bertz CT molecular complexity index is 1480. The van der Waals surface area contributed by atoms with Gasteiger partial charge >= 0.3 is 0 Å². The van der Waals surface area contributed by atoms with Crippen LogP contribution in [0.25, 0.3) is 21.3 Å². The lowest BCUT2D eigenvalue weighted by Crippen LogP contribution is -2.32. The van der Waals surface area contributed by atoms with Gasteiger partial charge in [-0.1, -0.05) is 40.2 Å². The second-order valence-corrected chi connectivity index (χ2v) is 12.8. The molecule has 2 aromatic carbocycles. The standard InChI is InChI=1S/C26H24BrFN2O3S2/c1-15(31)12-16-10-11-29-22(13-16)19-5-2-4-17-14-23(34-26(17)19)25(30-35(32,33)18-8-9-18)24-20(27)6-3-7-21(24)28/h2-7,10-11,13-15,18,25,30-31H,8-9,12H2,1H3. The van der Waals surface area contributed by atoms with Crippen LogP contribution in [0, 0.1) is 5.82 Å². The summed E-state index contributed by atoms with van der Waals surface area (Å²) in [6, 6.07) is 15.4. The summed E-state index contributed by atoms with van der Waals surface area (Å²) in [7, 11) is -3.60. The lowest BCUT2D eigenvalue weighted by atomic mass is 10.0. The lowest BCUT2D eigenvalue weighted by Gasteiger charge is -2.20. The summed E-state index contributed by atoms with van der Waals surface area (Å²) in [5.74, 6) is -0.479. The first-order valence-corrected chi connectivity index (χ1v) is 14.5. The minimum Gasteiger partial charge on any atom is -0.393 e. The number of hydrogen-bond acceptors (Lipinski definition) is 5. The Morgan fingerprint density at radius 3 is 2.69 bits per heavy atom. The first-order chi connectivity index (χ1) is 16.7. The van der Waals surface area contributed by atoms with Crippen LogP contribution in [0.15, 0.2) is 65.3 Å². The van der Waals surface area contributed by atoms with Crippen LogP contribution in [0.1, 0.15) is 41.8 Å². The van der Waals surface area contributed by atoms with Crippen molar-refractivity contribution in [2.45, 2.75) is 43.6 Å². The highest BCUT2D eigenvalue weighted by Crippen LogP contribution is 2.41. The highest BCUT2D eigenvalue weighted by Gasteiger charge is 2.38. The van der Waals surface area contributed by atoms with Crippen molar-refractivity contribution in [2.24, 2.45) is 0 Å². The molecule has 0 amide bonds. The number of sulfonamides is 1. The van der Waals surface area contributed by atoms with Crippen molar-refractivity contribution < 1.29 is 17.9 Å². The van der Waals surface area contributed by atoms with Crippen LogP contribution < -0.4 is 4.72 Å². The summed E-state index contributed by atoms with van der Waals surface area (Å²) < 4.78 is 45.1. The summed E-state index contributed by atoms with van der Waals surface area (Å²) in [6.07, 6.45) is 3.02. The van der Waals surface area contributed by atoms with E-state index in [1.165, 1.54) is 17.4 Å². The minimum atomic E-state index is -3.60. The van der Waals surface area contributed by atoms with E-state index in [2.05, 4.69) is 25.6 Å². The average Bonchev–Trinajstić information content (AvgIpc) is 3.57. The lowest BCUT2D eigenvalue weighted by molar-refractivity contribution is 0.195. The predicted molar refractivity (Wildman–Crippen MR) is 141 cm³/mol. The van der Waals surface area contributed by atoms with Gasteiger partial charge in [0.1, 0.15) is 5.82 Å². The van der Waals surface area contributed by atoms with Crippen molar-refractivity contribution in [2.75, 3.05) is 0 Å². The molecule has 0 bridgehead atoms. The summed E-state index contributed by atoms with van der Waals surface area (Å²) >= 11 is 4.85. The summed E-state index contributed by atoms with van der Waals surface area (Å²) in [5, 5.41) is 10.3. The highest BCUT2D eigenvalue weighted by atomic mass is 79.9. The molecule has 0 saturated heterocycles. The number of halogens is 2. The van der Waals surface area contributed by atoms with Gasteiger partial charge in [0.2, 0.25) is 10.0 Å². The number of nitrogens with one attached hydrogen (secondary N) is 1. The van der Waals surface area contributed by atoms with Crippen molar-refractivity contribution in [3.8, 4) is 11.3 Å². The van der Waals surface area contributed by atoms with Gasteiger partial charge in [-0.25, -0.2) is 17.5 Å². The molecule has 4 aromatic rings. The normalized spacial score (nSPS) is 15.9. The second kappa shape index (κ2) is 9.71. The maximum absolute atomic E-state index is 15.0. The fraction of sp³-hybridized carbons (Fsp3) is 0.269. The number of hydrogen-bond donors (Lipinski definition) is 2. The first kappa shape index (κ1) is 24.5. The van der Waals surface area contributed by atoms with Crippen LogP contribution in [0.3, 0.4) is 0 Å². The van der Waals surface area contributed by atoms with E-state index in [0.717, 1.165) is 26.9 Å². The quantitative estimate of drug-likeness (QED) is 0.272. The molecule has 0 aliphatic heterocycles. The van der Waals surface area contributed by atoms with Crippen molar-refractivity contribution >= 4 is 47.4 Å². The largest absolute Gasteiger partial charge is 0.393 e. The molecule has 1 fully saturated rings. The molecule has 1 aliphatic carbocycles. The van der Waals surface area contributed by atoms with Crippen LogP contribution in [-0.4, -0.2) is 29.9 Å². The van der Waals surface area contributed by atoms with Gasteiger partial charge in [-0.15, -0.1) is 11.3 Å². The fourth-order valence-corrected chi connectivity index (χ4v) is 7.61. The third-order valence-electron chi connectivity index (χ3n) is 6.01. The third kappa shape index (κ3) is 5.20. The molecule has 5 rings (SSSR count). The molecule has 1 saturated carbocycles. The number of pyridine rings is 1. The number of fused-ring (bicyclic) bond motifs is 1. The molecule has 35 heavy (non-hydrogen) atoms. The predicted octanol–water partition coefficient (Wildman–Crippen LogP) is 5.96. The third-order valence-corrected chi connectivity index (χ3v) is 9.87. The Balaban J connectivity index is 1.63. The number of benzene rings is 2. The fourth-order valence-electron chi connectivity index (χ4n) is 4.20. The van der Waals surface area contributed by atoms with Crippen molar-refractivity contribution in [1.29, 1.82) is 0 Å². The number of thiophene rings is 1. The van der Waals surface area contributed by atoms with Gasteiger partial charge in [-0.3, -0.25) is 4.98 Å².